The molecule has 1 aliphatic heterocycles. The van der Waals surface area contributed by atoms with Crippen LogP contribution in [0.2, 0.25) is 5.02 Å². The number of amides is 2. The van der Waals surface area contributed by atoms with Gasteiger partial charge in [-0.2, -0.15) is 0 Å². The molecule has 28 heavy (non-hydrogen) atoms. The molecule has 4 nitrogen and oxygen atoms in total. The summed E-state index contributed by atoms with van der Waals surface area (Å²) in [6, 6.07) is 16.9. The van der Waals surface area contributed by atoms with Crippen molar-refractivity contribution in [2.45, 2.75) is 25.7 Å². The van der Waals surface area contributed by atoms with Crippen molar-refractivity contribution in [3.05, 3.63) is 75.7 Å². The fraction of sp³-hybridized carbons (Fsp3) is 0.273. The van der Waals surface area contributed by atoms with Crippen LogP contribution in [-0.2, 0) is 20.1 Å². The predicted molar refractivity (Wildman–Crippen MR) is 114 cm³/mol. The number of thioether (sulfide) groups is 1. The zero-order valence-electron chi connectivity index (χ0n) is 15.9. The third-order valence-corrected chi connectivity index (χ3v) is 5.65. The molecular weight excluding hydrogens is 394 g/mol. The topological polar surface area (TPSA) is 46.6 Å². The molecule has 2 aromatic carbocycles. The number of ether oxygens (including phenoxy) is 1. The Morgan fingerprint density at radius 3 is 2.32 bits per heavy atom. The summed E-state index contributed by atoms with van der Waals surface area (Å²) in [6.07, 6.45) is 0.0448. The summed E-state index contributed by atoms with van der Waals surface area (Å²) in [4.78, 5) is 27.8. The van der Waals surface area contributed by atoms with Gasteiger partial charge in [0.2, 0.25) is 0 Å². The highest BCUT2D eigenvalue weighted by atomic mass is 35.5. The van der Waals surface area contributed by atoms with Gasteiger partial charge in [0.05, 0.1) is 29.7 Å². The van der Waals surface area contributed by atoms with Gasteiger partial charge >= 0.3 is 0 Å². The Labute approximate surface area is 174 Å². The van der Waals surface area contributed by atoms with E-state index in [1.54, 1.807) is 24.3 Å². The number of rotatable bonds is 8. The van der Waals surface area contributed by atoms with Gasteiger partial charge in [-0.25, -0.2) is 0 Å². The van der Waals surface area contributed by atoms with Gasteiger partial charge in [-0.3, -0.25) is 14.5 Å². The summed E-state index contributed by atoms with van der Waals surface area (Å²) in [5, 5.41) is 0.585. The van der Waals surface area contributed by atoms with Crippen molar-refractivity contribution in [2.24, 2.45) is 0 Å². The number of hydrogen-bond acceptors (Lipinski definition) is 4. The van der Waals surface area contributed by atoms with Gasteiger partial charge < -0.3 is 4.74 Å². The molecule has 0 bridgehead atoms. The normalized spacial score (nSPS) is 14.5. The minimum atomic E-state index is -0.282. The quantitative estimate of drug-likeness (QED) is 0.582. The second kappa shape index (κ2) is 9.41. The predicted octanol–water partition coefficient (Wildman–Crippen LogP) is 4.78. The van der Waals surface area contributed by atoms with Gasteiger partial charge in [-0.1, -0.05) is 54.1 Å². The molecule has 0 spiro atoms. The third-order valence-electron chi connectivity index (χ3n) is 4.25. The van der Waals surface area contributed by atoms with E-state index in [0.29, 0.717) is 33.4 Å². The van der Waals surface area contributed by atoms with Gasteiger partial charge in [0, 0.05) is 10.8 Å². The minimum absolute atomic E-state index is 0.0448. The van der Waals surface area contributed by atoms with Crippen LogP contribution in [0.1, 0.15) is 25.0 Å². The molecule has 0 saturated carbocycles. The maximum Gasteiger partial charge on any atom is 0.268 e. The molecule has 0 aromatic heterocycles. The van der Waals surface area contributed by atoms with Gasteiger partial charge in [0.25, 0.3) is 11.8 Å². The van der Waals surface area contributed by atoms with Crippen LogP contribution in [0.4, 0.5) is 0 Å². The molecule has 3 rings (SSSR count). The van der Waals surface area contributed by atoms with E-state index in [1.807, 2.05) is 44.2 Å². The van der Waals surface area contributed by atoms with Gasteiger partial charge in [-0.05, 0) is 37.1 Å². The van der Waals surface area contributed by atoms with Gasteiger partial charge in [0.15, 0.2) is 0 Å². The minimum Gasteiger partial charge on any atom is -0.377 e. The van der Waals surface area contributed by atoms with Crippen LogP contribution in [0.3, 0.4) is 0 Å². The second-order valence-corrected chi connectivity index (χ2v) is 8.09. The van der Waals surface area contributed by atoms with E-state index in [1.165, 1.54) is 16.7 Å². The Balaban J connectivity index is 1.87. The van der Waals surface area contributed by atoms with E-state index >= 15 is 0 Å². The summed E-state index contributed by atoms with van der Waals surface area (Å²) < 4.78 is 5.53. The van der Waals surface area contributed by atoms with Crippen LogP contribution < -0.4 is 0 Å². The summed E-state index contributed by atoms with van der Waals surface area (Å²) in [5.41, 5.74) is 2.23. The molecule has 2 amide bonds. The lowest BCUT2D eigenvalue weighted by molar-refractivity contribution is -0.137. The highest BCUT2D eigenvalue weighted by Crippen LogP contribution is 2.37. The van der Waals surface area contributed by atoms with Crippen LogP contribution in [-0.4, -0.2) is 36.0 Å². The maximum atomic E-state index is 13.0. The second-order valence-electron chi connectivity index (χ2n) is 6.67. The standard InChI is InChI=1S/C22H22ClNO3S/c1-15(2)27-13-12-24-21(25)19(17-8-10-18(23)11-9-17)20(22(24)26)28-14-16-6-4-3-5-7-16/h3-11,15H,12-14H2,1-2H3. The Hall–Kier alpha value is -2.08. The number of hydrogen-bond donors (Lipinski definition) is 0. The van der Waals surface area contributed by atoms with Crippen molar-refractivity contribution in [3.63, 3.8) is 0 Å². The molecule has 0 radical (unpaired) electrons. The first kappa shape index (κ1) is 20.6. The molecule has 0 unspecified atom stereocenters. The van der Waals surface area contributed by atoms with E-state index in [2.05, 4.69) is 0 Å². The summed E-state index contributed by atoms with van der Waals surface area (Å²) in [5.74, 6) is 0.0706. The van der Waals surface area contributed by atoms with Crippen molar-refractivity contribution >= 4 is 40.8 Å². The molecule has 0 fully saturated rings. The Bertz CT molecular complexity index is 878. The molecule has 6 heteroatoms. The first-order valence-electron chi connectivity index (χ1n) is 9.12. The fourth-order valence-electron chi connectivity index (χ4n) is 2.87. The number of halogens is 1. The van der Waals surface area contributed by atoms with E-state index in [4.69, 9.17) is 16.3 Å². The number of benzene rings is 2. The molecule has 0 aliphatic carbocycles. The summed E-state index contributed by atoms with van der Waals surface area (Å²) >= 11 is 7.38. The van der Waals surface area contributed by atoms with Crippen LogP contribution in [0.15, 0.2) is 59.5 Å². The van der Waals surface area contributed by atoms with E-state index < -0.39 is 0 Å². The number of nitrogens with zero attached hydrogens (tertiary/aromatic N) is 1. The van der Waals surface area contributed by atoms with E-state index in [0.717, 1.165) is 5.56 Å². The smallest absolute Gasteiger partial charge is 0.268 e. The monoisotopic (exact) mass is 415 g/mol. The Kier molecular flexibility index (Phi) is 6.94. The van der Waals surface area contributed by atoms with Crippen molar-refractivity contribution in [1.82, 2.24) is 4.90 Å². The molecule has 0 N–H and O–H groups in total. The van der Waals surface area contributed by atoms with Crippen molar-refractivity contribution < 1.29 is 14.3 Å². The van der Waals surface area contributed by atoms with Crippen LogP contribution >= 0.6 is 23.4 Å². The van der Waals surface area contributed by atoms with E-state index in [9.17, 15) is 9.59 Å². The molecule has 0 saturated heterocycles. The highest BCUT2D eigenvalue weighted by Gasteiger charge is 2.38. The van der Waals surface area contributed by atoms with Crippen molar-refractivity contribution in [3.8, 4) is 0 Å². The molecule has 1 heterocycles. The third kappa shape index (κ3) is 4.85. The average Bonchev–Trinajstić information content (AvgIpc) is 2.92. The first-order chi connectivity index (χ1) is 13.5. The zero-order chi connectivity index (χ0) is 20.1. The zero-order valence-corrected chi connectivity index (χ0v) is 17.4. The summed E-state index contributed by atoms with van der Waals surface area (Å²) in [7, 11) is 0. The molecule has 0 atom stereocenters. The SMILES string of the molecule is CC(C)OCCN1C(=O)C(SCc2ccccc2)=C(c2ccc(Cl)cc2)C1=O. The Morgan fingerprint density at radius 1 is 1.00 bits per heavy atom. The van der Waals surface area contributed by atoms with Gasteiger partial charge in [0.1, 0.15) is 0 Å². The molecule has 146 valence electrons. The molecular formula is C22H22ClNO3S. The lowest BCUT2D eigenvalue weighted by Gasteiger charge is -2.16. The van der Waals surface area contributed by atoms with E-state index in [-0.39, 0.29) is 24.5 Å². The molecule has 1 aliphatic rings. The number of imide groups is 1. The lowest BCUT2D eigenvalue weighted by Crippen LogP contribution is -2.35. The molecule has 2 aromatic rings. The van der Waals surface area contributed by atoms with Crippen molar-refractivity contribution in [2.75, 3.05) is 13.2 Å². The van der Waals surface area contributed by atoms with Gasteiger partial charge in [-0.15, -0.1) is 11.8 Å². The largest absolute Gasteiger partial charge is 0.377 e. The highest BCUT2D eigenvalue weighted by molar-refractivity contribution is 8.03. The first-order valence-corrected chi connectivity index (χ1v) is 10.5. The number of carbonyl (C=O) groups excluding carboxylic acids is 2. The lowest BCUT2D eigenvalue weighted by atomic mass is 10.1. The fourth-order valence-corrected chi connectivity index (χ4v) is 4.08. The average molecular weight is 416 g/mol. The van der Waals surface area contributed by atoms with Crippen LogP contribution in [0, 0.1) is 0 Å². The van der Waals surface area contributed by atoms with Crippen molar-refractivity contribution in [1.29, 1.82) is 0 Å². The maximum absolute atomic E-state index is 13.0. The summed E-state index contributed by atoms with van der Waals surface area (Å²) in [6.45, 7) is 4.40. The van der Waals surface area contributed by atoms with Crippen LogP contribution in [0.5, 0.6) is 0 Å². The Morgan fingerprint density at radius 2 is 1.68 bits per heavy atom. The van der Waals surface area contributed by atoms with Crippen LogP contribution in [0.25, 0.3) is 5.57 Å². The number of carbonyl (C=O) groups is 2.